The maximum Gasteiger partial charge on any atom is 0.336 e. The van der Waals surface area contributed by atoms with Crippen LogP contribution in [0.5, 0.6) is 0 Å². The molecule has 0 aliphatic carbocycles. The highest BCUT2D eigenvalue weighted by Crippen LogP contribution is 2.40. The number of methoxy groups -OCH3 is 1. The first-order valence-electron chi connectivity index (χ1n) is 9.35. The third kappa shape index (κ3) is 5.01. The first kappa shape index (κ1) is 22.1. The van der Waals surface area contributed by atoms with Crippen LogP contribution >= 0.6 is 0 Å². The molecule has 0 bridgehead atoms. The number of benzene rings is 1. The number of nitro groups is 1. The summed E-state index contributed by atoms with van der Waals surface area (Å²) in [6.45, 7) is 7.69. The van der Waals surface area contributed by atoms with Crippen molar-refractivity contribution in [2.75, 3.05) is 13.7 Å². The Balaban J connectivity index is 2.56. The minimum absolute atomic E-state index is 0.131. The molecule has 1 aliphatic rings. The number of non-ortho nitro benzene ring substituents is 1. The van der Waals surface area contributed by atoms with Crippen LogP contribution < -0.4 is 5.32 Å². The van der Waals surface area contributed by atoms with Crippen molar-refractivity contribution < 1.29 is 24.0 Å². The maximum atomic E-state index is 12.9. The summed E-state index contributed by atoms with van der Waals surface area (Å²) >= 11 is 0. The molecule has 1 atom stereocenters. The van der Waals surface area contributed by atoms with Crippen LogP contribution in [-0.2, 0) is 19.1 Å². The number of hydrogen-bond acceptors (Lipinski definition) is 7. The minimum Gasteiger partial charge on any atom is -0.466 e. The van der Waals surface area contributed by atoms with E-state index in [9.17, 15) is 19.7 Å². The van der Waals surface area contributed by atoms with Gasteiger partial charge in [0.2, 0.25) is 0 Å². The summed E-state index contributed by atoms with van der Waals surface area (Å²) in [7, 11) is 1.25. The molecule has 29 heavy (non-hydrogen) atoms. The fourth-order valence-corrected chi connectivity index (χ4v) is 3.26. The number of esters is 2. The highest BCUT2D eigenvalue weighted by atomic mass is 16.6. The molecule has 0 amide bonds. The third-order valence-electron chi connectivity index (χ3n) is 4.73. The molecule has 1 aromatic rings. The van der Waals surface area contributed by atoms with Crippen LogP contribution in [-0.4, -0.2) is 30.6 Å². The molecule has 0 fully saturated rings. The first-order chi connectivity index (χ1) is 13.7. The number of carbonyl (C=O) groups is 2. The Labute approximate surface area is 169 Å². The number of hydrogen-bond donors (Lipinski definition) is 1. The van der Waals surface area contributed by atoms with Crippen LogP contribution in [0.2, 0.25) is 0 Å². The number of carbonyl (C=O) groups excluding carboxylic acids is 2. The van der Waals surface area contributed by atoms with Crippen molar-refractivity contribution >= 4 is 17.6 Å². The van der Waals surface area contributed by atoms with E-state index in [0.29, 0.717) is 29.3 Å². The second kappa shape index (κ2) is 9.36. The number of rotatable bonds is 7. The molecule has 2 rings (SSSR count). The summed E-state index contributed by atoms with van der Waals surface area (Å²) in [5.41, 5.74) is 1.81. The van der Waals surface area contributed by atoms with Crippen molar-refractivity contribution in [1.29, 1.82) is 0 Å². The Morgan fingerprint density at radius 2 is 1.79 bits per heavy atom. The van der Waals surface area contributed by atoms with Gasteiger partial charge < -0.3 is 14.8 Å². The number of nitro benzene ring substituents is 1. The molecule has 1 heterocycles. The number of nitrogens with zero attached hydrogens (tertiary/aromatic N) is 1. The summed E-state index contributed by atoms with van der Waals surface area (Å²) < 4.78 is 10.4. The Morgan fingerprint density at radius 1 is 1.17 bits per heavy atom. The van der Waals surface area contributed by atoms with Crippen LogP contribution in [0.1, 0.15) is 45.6 Å². The molecule has 1 aliphatic heterocycles. The highest BCUT2D eigenvalue weighted by Gasteiger charge is 2.38. The van der Waals surface area contributed by atoms with Crippen molar-refractivity contribution in [2.45, 2.75) is 40.0 Å². The van der Waals surface area contributed by atoms with E-state index in [4.69, 9.17) is 9.47 Å². The van der Waals surface area contributed by atoms with Crippen LogP contribution in [0, 0.1) is 16.0 Å². The van der Waals surface area contributed by atoms with Gasteiger partial charge in [-0.15, -0.1) is 0 Å². The lowest BCUT2D eigenvalue weighted by atomic mass is 9.80. The normalized spacial score (nSPS) is 16.6. The zero-order valence-electron chi connectivity index (χ0n) is 17.3. The van der Waals surface area contributed by atoms with Gasteiger partial charge in [-0.05, 0) is 31.7 Å². The Hall–Kier alpha value is -3.16. The summed E-state index contributed by atoms with van der Waals surface area (Å²) in [6, 6.07) is 5.89. The average molecular weight is 402 g/mol. The lowest BCUT2D eigenvalue weighted by Gasteiger charge is -2.30. The summed E-state index contributed by atoms with van der Waals surface area (Å²) in [4.78, 5) is 36.2. The average Bonchev–Trinajstić information content (AvgIpc) is 2.66. The lowest BCUT2D eigenvalue weighted by molar-refractivity contribution is -0.384. The molecule has 0 aromatic heterocycles. The van der Waals surface area contributed by atoms with E-state index in [1.165, 1.54) is 25.3 Å². The fourth-order valence-electron chi connectivity index (χ4n) is 3.26. The standard InChI is InChI=1S/C21H26N2O6/c1-12(2)9-10-29-21(25)18-14(4)22-13(3)17(20(24)28-5)19(18)15-7-6-8-16(11-15)23(26)27/h6-8,11-12,19,22H,9-10H2,1-5H3. The smallest absolute Gasteiger partial charge is 0.336 e. The van der Waals surface area contributed by atoms with E-state index in [-0.39, 0.29) is 23.4 Å². The van der Waals surface area contributed by atoms with Crippen LogP contribution in [0.3, 0.4) is 0 Å². The molecule has 0 saturated heterocycles. The molecular formula is C21H26N2O6. The highest BCUT2D eigenvalue weighted by molar-refractivity contribution is 5.99. The number of allylic oxidation sites excluding steroid dienone is 2. The van der Waals surface area contributed by atoms with Crippen LogP contribution in [0.25, 0.3) is 0 Å². The molecule has 156 valence electrons. The van der Waals surface area contributed by atoms with E-state index in [1.807, 2.05) is 13.8 Å². The molecule has 8 nitrogen and oxygen atoms in total. The Kier molecular flexibility index (Phi) is 7.14. The van der Waals surface area contributed by atoms with Gasteiger partial charge in [0.25, 0.3) is 5.69 Å². The largest absolute Gasteiger partial charge is 0.466 e. The van der Waals surface area contributed by atoms with Gasteiger partial charge in [0.1, 0.15) is 0 Å². The van der Waals surface area contributed by atoms with Gasteiger partial charge in [-0.1, -0.05) is 26.0 Å². The Morgan fingerprint density at radius 3 is 2.34 bits per heavy atom. The molecule has 0 saturated carbocycles. The van der Waals surface area contributed by atoms with E-state index < -0.39 is 22.8 Å². The van der Waals surface area contributed by atoms with Gasteiger partial charge in [0.05, 0.1) is 35.7 Å². The van der Waals surface area contributed by atoms with E-state index in [0.717, 1.165) is 0 Å². The fraction of sp³-hybridized carbons (Fsp3) is 0.429. The third-order valence-corrected chi connectivity index (χ3v) is 4.73. The van der Waals surface area contributed by atoms with Gasteiger partial charge in [0.15, 0.2) is 0 Å². The van der Waals surface area contributed by atoms with Gasteiger partial charge in [0, 0.05) is 23.5 Å². The predicted octanol–water partition coefficient (Wildman–Crippen LogP) is 3.59. The zero-order chi connectivity index (χ0) is 21.7. The molecule has 1 aromatic carbocycles. The molecule has 0 spiro atoms. The number of ether oxygens (including phenoxy) is 2. The molecule has 8 heteroatoms. The van der Waals surface area contributed by atoms with Crippen molar-refractivity contribution in [1.82, 2.24) is 5.32 Å². The van der Waals surface area contributed by atoms with E-state index in [2.05, 4.69) is 5.32 Å². The van der Waals surface area contributed by atoms with E-state index in [1.54, 1.807) is 19.9 Å². The van der Waals surface area contributed by atoms with Crippen molar-refractivity contribution in [3.8, 4) is 0 Å². The van der Waals surface area contributed by atoms with Gasteiger partial charge in [-0.25, -0.2) is 9.59 Å². The maximum absolute atomic E-state index is 12.9. The van der Waals surface area contributed by atoms with E-state index >= 15 is 0 Å². The van der Waals surface area contributed by atoms with Crippen LogP contribution in [0.4, 0.5) is 5.69 Å². The first-order valence-corrected chi connectivity index (χ1v) is 9.35. The van der Waals surface area contributed by atoms with Crippen molar-refractivity contribution in [3.63, 3.8) is 0 Å². The van der Waals surface area contributed by atoms with Gasteiger partial charge >= 0.3 is 11.9 Å². The summed E-state index contributed by atoms with van der Waals surface area (Å²) in [5, 5.41) is 14.3. The van der Waals surface area contributed by atoms with Crippen molar-refractivity contribution in [2.24, 2.45) is 5.92 Å². The summed E-state index contributed by atoms with van der Waals surface area (Å²) in [5.74, 6) is -1.66. The van der Waals surface area contributed by atoms with Gasteiger partial charge in [-0.2, -0.15) is 0 Å². The Bertz CT molecular complexity index is 885. The second-order valence-corrected chi connectivity index (χ2v) is 7.30. The molecule has 1 unspecified atom stereocenters. The lowest BCUT2D eigenvalue weighted by Crippen LogP contribution is -2.32. The monoisotopic (exact) mass is 402 g/mol. The SMILES string of the molecule is COC(=O)C1=C(C)NC(C)=C(C(=O)OCCC(C)C)C1c1cccc([N+](=O)[O-])c1. The quantitative estimate of drug-likeness (QED) is 0.422. The van der Waals surface area contributed by atoms with Crippen LogP contribution in [0.15, 0.2) is 46.8 Å². The summed E-state index contributed by atoms with van der Waals surface area (Å²) in [6.07, 6.45) is 0.700. The topological polar surface area (TPSA) is 108 Å². The minimum atomic E-state index is -0.838. The molecule has 0 radical (unpaired) electrons. The zero-order valence-corrected chi connectivity index (χ0v) is 17.3. The molecule has 1 N–H and O–H groups in total. The number of nitrogens with one attached hydrogen (secondary N) is 1. The van der Waals surface area contributed by atoms with Gasteiger partial charge in [-0.3, -0.25) is 10.1 Å². The molecular weight excluding hydrogens is 376 g/mol. The second-order valence-electron chi connectivity index (χ2n) is 7.30. The predicted molar refractivity (Wildman–Crippen MR) is 107 cm³/mol. The van der Waals surface area contributed by atoms with Crippen molar-refractivity contribution in [3.05, 3.63) is 62.5 Å². The number of dihydropyridines is 1.